The summed E-state index contributed by atoms with van der Waals surface area (Å²) in [6.45, 7) is 6.59. The van der Waals surface area contributed by atoms with E-state index >= 15 is 0 Å². The van der Waals surface area contributed by atoms with Crippen LogP contribution in [0.25, 0.3) is 11.0 Å². The lowest BCUT2D eigenvalue weighted by molar-refractivity contribution is -0.116. The van der Waals surface area contributed by atoms with Gasteiger partial charge in [-0.2, -0.15) is 0 Å². The second-order valence-electron chi connectivity index (χ2n) is 5.05. The largest absolute Gasteiger partial charge is 0.474 e. The smallest absolute Gasteiger partial charge is 0.243 e. The molecule has 1 atom stereocenters. The maximum absolute atomic E-state index is 11.4. The first-order valence-electron chi connectivity index (χ1n) is 7.57. The van der Waals surface area contributed by atoms with E-state index in [-0.39, 0.29) is 12.0 Å². The average molecular weight is 302 g/mol. The molecule has 0 saturated carbocycles. The maximum Gasteiger partial charge on any atom is 0.243 e. The molecule has 22 heavy (non-hydrogen) atoms. The van der Waals surface area contributed by atoms with Crippen molar-refractivity contribution in [1.82, 2.24) is 20.3 Å². The van der Waals surface area contributed by atoms with Gasteiger partial charge in [-0.3, -0.25) is 4.79 Å². The van der Waals surface area contributed by atoms with Gasteiger partial charge in [-0.15, -0.1) is 0 Å². The topological polar surface area (TPSA) is 79.9 Å². The first kappa shape index (κ1) is 16.0. The van der Waals surface area contributed by atoms with Crippen LogP contribution in [0.3, 0.4) is 0 Å². The lowest BCUT2D eigenvalue weighted by Crippen LogP contribution is -2.19. The lowest BCUT2D eigenvalue weighted by Gasteiger charge is -2.12. The molecule has 2 rings (SSSR count). The number of allylic oxidation sites excluding steroid dienone is 1. The number of carbonyl (C=O) groups is 1. The third kappa shape index (κ3) is 3.84. The van der Waals surface area contributed by atoms with Gasteiger partial charge in [0, 0.05) is 12.7 Å². The fourth-order valence-corrected chi connectivity index (χ4v) is 2.05. The minimum Gasteiger partial charge on any atom is -0.474 e. The number of hydrogen-bond acceptors (Lipinski definition) is 4. The molecule has 0 radical (unpaired) electrons. The van der Waals surface area contributed by atoms with Crippen LogP contribution in [0.1, 0.15) is 32.8 Å². The molecule has 6 nitrogen and oxygen atoms in total. The number of fused-ring (bicyclic) bond motifs is 1. The van der Waals surface area contributed by atoms with E-state index < -0.39 is 0 Å². The Morgan fingerprint density at radius 2 is 2.27 bits per heavy atom. The summed E-state index contributed by atoms with van der Waals surface area (Å²) in [4.78, 5) is 23.0. The zero-order valence-corrected chi connectivity index (χ0v) is 13.2. The van der Waals surface area contributed by atoms with Crippen molar-refractivity contribution in [2.75, 3.05) is 6.54 Å². The molecule has 1 unspecified atom stereocenters. The van der Waals surface area contributed by atoms with Crippen molar-refractivity contribution in [2.45, 2.75) is 39.7 Å². The van der Waals surface area contributed by atoms with Crippen LogP contribution in [0.2, 0.25) is 0 Å². The Balaban J connectivity index is 2.21. The zero-order chi connectivity index (χ0) is 15.9. The van der Waals surface area contributed by atoms with Gasteiger partial charge in [0.25, 0.3) is 0 Å². The van der Waals surface area contributed by atoms with Gasteiger partial charge < -0.3 is 15.0 Å². The highest BCUT2D eigenvalue weighted by molar-refractivity contribution is 5.88. The Labute approximate surface area is 130 Å². The summed E-state index contributed by atoms with van der Waals surface area (Å²) in [6, 6.07) is 0. The molecule has 6 heteroatoms. The summed E-state index contributed by atoms with van der Waals surface area (Å²) in [5, 5.41) is 3.60. The summed E-state index contributed by atoms with van der Waals surface area (Å²) in [5.41, 5.74) is 1.75. The Kier molecular flexibility index (Phi) is 5.52. The van der Waals surface area contributed by atoms with Crippen molar-refractivity contribution in [1.29, 1.82) is 0 Å². The van der Waals surface area contributed by atoms with Crippen molar-refractivity contribution < 1.29 is 9.53 Å². The Bertz CT molecular complexity index is 663. The summed E-state index contributed by atoms with van der Waals surface area (Å²) in [5.74, 6) is 0.497. The van der Waals surface area contributed by atoms with E-state index in [1.165, 1.54) is 6.33 Å². The summed E-state index contributed by atoms with van der Waals surface area (Å²) in [7, 11) is 0. The van der Waals surface area contributed by atoms with E-state index in [2.05, 4.69) is 27.2 Å². The number of ether oxygens (including phenoxy) is 1. The Hall–Kier alpha value is -2.37. The molecule has 2 N–H and O–H groups in total. The molecule has 0 aliphatic rings. The second-order valence-corrected chi connectivity index (χ2v) is 5.05. The fourth-order valence-electron chi connectivity index (χ4n) is 2.05. The number of nitrogens with zero attached hydrogens (tertiary/aromatic N) is 2. The molecule has 0 bridgehead atoms. The minimum absolute atomic E-state index is 0.0883. The van der Waals surface area contributed by atoms with E-state index in [0.29, 0.717) is 18.8 Å². The lowest BCUT2D eigenvalue weighted by atomic mass is 10.1. The number of rotatable bonds is 7. The molecule has 0 aliphatic heterocycles. The van der Waals surface area contributed by atoms with Crippen LogP contribution in [-0.2, 0) is 11.2 Å². The van der Waals surface area contributed by atoms with Gasteiger partial charge in [-0.1, -0.05) is 13.0 Å². The van der Waals surface area contributed by atoms with Gasteiger partial charge in [-0.25, -0.2) is 9.97 Å². The number of H-pyrrole nitrogens is 1. The summed E-state index contributed by atoms with van der Waals surface area (Å²) < 4.78 is 5.87. The van der Waals surface area contributed by atoms with Crippen LogP contribution in [0.15, 0.2) is 24.7 Å². The van der Waals surface area contributed by atoms with Gasteiger partial charge in [-0.05, 0) is 38.3 Å². The molecule has 1 amide bonds. The first-order valence-corrected chi connectivity index (χ1v) is 7.57. The highest BCUT2D eigenvalue weighted by atomic mass is 16.5. The minimum atomic E-state index is -0.0883. The molecule has 0 saturated heterocycles. The van der Waals surface area contributed by atoms with Crippen molar-refractivity contribution in [3.8, 4) is 5.88 Å². The molecule has 2 aromatic heterocycles. The predicted molar refractivity (Wildman–Crippen MR) is 85.8 cm³/mol. The molecule has 2 aromatic rings. The van der Waals surface area contributed by atoms with E-state index in [0.717, 1.165) is 23.0 Å². The van der Waals surface area contributed by atoms with Crippen LogP contribution in [0.4, 0.5) is 0 Å². The van der Waals surface area contributed by atoms with Crippen molar-refractivity contribution in [2.24, 2.45) is 0 Å². The third-order valence-corrected chi connectivity index (χ3v) is 3.36. The molecule has 0 aliphatic carbocycles. The predicted octanol–water partition coefficient (Wildman–Crippen LogP) is 2.37. The number of amides is 1. The number of nitrogens with one attached hydrogen (secondary N) is 2. The van der Waals surface area contributed by atoms with Crippen LogP contribution in [-0.4, -0.2) is 33.5 Å². The van der Waals surface area contributed by atoms with Gasteiger partial charge in [0.2, 0.25) is 11.8 Å². The standard InChI is InChI=1S/C16H22N4O2/c1-4-11(3)22-16-14-12(7-6-8-13(21)17-5-2)9-18-15(14)19-10-20-16/h6,8-11H,4-5,7H2,1-3H3,(H,17,21)(H,18,19,20). The summed E-state index contributed by atoms with van der Waals surface area (Å²) in [6.07, 6.45) is 8.35. The van der Waals surface area contributed by atoms with Crippen LogP contribution < -0.4 is 10.1 Å². The number of hydrogen-bond donors (Lipinski definition) is 2. The SMILES string of the molecule is CCNC(=O)C=CCc1c[nH]c2ncnc(OC(C)CC)c12. The highest BCUT2D eigenvalue weighted by Crippen LogP contribution is 2.26. The van der Waals surface area contributed by atoms with Crippen molar-refractivity contribution in [3.05, 3.63) is 30.2 Å². The molecular weight excluding hydrogens is 280 g/mol. The van der Waals surface area contributed by atoms with E-state index in [4.69, 9.17) is 4.74 Å². The first-order chi connectivity index (χ1) is 10.7. The normalized spacial score (nSPS) is 12.7. The number of aromatic nitrogens is 3. The molecule has 0 aromatic carbocycles. The van der Waals surface area contributed by atoms with Crippen molar-refractivity contribution >= 4 is 16.9 Å². The molecule has 0 spiro atoms. The van der Waals surface area contributed by atoms with E-state index in [1.807, 2.05) is 26.1 Å². The number of aromatic amines is 1. The maximum atomic E-state index is 11.4. The number of carbonyl (C=O) groups excluding carboxylic acids is 1. The van der Waals surface area contributed by atoms with Gasteiger partial charge >= 0.3 is 0 Å². The van der Waals surface area contributed by atoms with Gasteiger partial charge in [0.05, 0.1) is 11.5 Å². The van der Waals surface area contributed by atoms with Crippen LogP contribution in [0.5, 0.6) is 5.88 Å². The Morgan fingerprint density at radius 1 is 1.45 bits per heavy atom. The molecule has 2 heterocycles. The van der Waals surface area contributed by atoms with Crippen LogP contribution in [0, 0.1) is 0 Å². The average Bonchev–Trinajstić information content (AvgIpc) is 2.92. The van der Waals surface area contributed by atoms with E-state index in [9.17, 15) is 4.79 Å². The molecular formula is C16H22N4O2. The number of likely N-dealkylation sites (N-methyl/N-ethyl adjacent to an activating group) is 1. The fraction of sp³-hybridized carbons (Fsp3) is 0.438. The molecule has 0 fully saturated rings. The Morgan fingerprint density at radius 3 is 3.00 bits per heavy atom. The van der Waals surface area contributed by atoms with Crippen LogP contribution >= 0.6 is 0 Å². The molecule has 118 valence electrons. The highest BCUT2D eigenvalue weighted by Gasteiger charge is 2.13. The van der Waals surface area contributed by atoms with Gasteiger partial charge in [0.15, 0.2) is 0 Å². The van der Waals surface area contributed by atoms with E-state index in [1.54, 1.807) is 6.08 Å². The zero-order valence-electron chi connectivity index (χ0n) is 13.2. The summed E-state index contributed by atoms with van der Waals surface area (Å²) >= 11 is 0. The monoisotopic (exact) mass is 302 g/mol. The van der Waals surface area contributed by atoms with Gasteiger partial charge in [0.1, 0.15) is 12.0 Å². The third-order valence-electron chi connectivity index (χ3n) is 3.36. The van der Waals surface area contributed by atoms with Crippen molar-refractivity contribution in [3.63, 3.8) is 0 Å². The quantitative estimate of drug-likeness (QED) is 0.770. The second kappa shape index (κ2) is 7.59.